The number of carbonyl (C=O) groups excluding carboxylic acids is 1. The first-order valence-electron chi connectivity index (χ1n) is 7.32. The van der Waals surface area contributed by atoms with Crippen molar-refractivity contribution in [3.63, 3.8) is 0 Å². The minimum Gasteiger partial charge on any atom is -0.478 e. The fourth-order valence-corrected chi connectivity index (χ4v) is 1.72. The van der Waals surface area contributed by atoms with Crippen molar-refractivity contribution in [1.82, 2.24) is 4.98 Å². The summed E-state index contributed by atoms with van der Waals surface area (Å²) in [7, 11) is 1.70. The largest absolute Gasteiger partial charge is 0.478 e. The van der Waals surface area contributed by atoms with Gasteiger partial charge in [-0.2, -0.15) is 0 Å². The molecule has 0 bridgehead atoms. The molecular formula is C18H20FNO4. The number of halogens is 1. The number of carboxylic acid groups (broad SMARTS) is 1. The molecule has 6 heteroatoms. The summed E-state index contributed by atoms with van der Waals surface area (Å²) in [5.41, 5.74) is 1.25. The molecule has 0 fully saturated rings. The van der Waals surface area contributed by atoms with E-state index in [0.717, 1.165) is 5.56 Å². The number of benzene rings is 1. The minimum atomic E-state index is -1.20. The molecule has 5 nitrogen and oxygen atoms in total. The fraction of sp³-hybridized carbons (Fsp3) is 0.278. The lowest BCUT2D eigenvalue weighted by atomic mass is 10.0. The number of nitrogens with zero attached hydrogens (tertiary/aromatic N) is 1. The maximum atomic E-state index is 12.8. The first kappa shape index (κ1) is 19.4. The average molecular weight is 333 g/mol. The van der Waals surface area contributed by atoms with E-state index < -0.39 is 5.97 Å². The highest BCUT2D eigenvalue weighted by molar-refractivity contribution is 5.95. The Morgan fingerprint density at radius 1 is 1.29 bits per heavy atom. The van der Waals surface area contributed by atoms with Gasteiger partial charge in [-0.25, -0.2) is 9.18 Å². The van der Waals surface area contributed by atoms with Crippen LogP contribution in [0.2, 0.25) is 0 Å². The molecule has 0 aliphatic rings. The van der Waals surface area contributed by atoms with E-state index >= 15 is 0 Å². The highest BCUT2D eigenvalue weighted by Gasteiger charge is 2.12. The molecule has 1 heterocycles. The summed E-state index contributed by atoms with van der Waals surface area (Å²) in [6.07, 6.45) is 2.66. The second-order valence-corrected chi connectivity index (χ2v) is 5.29. The number of carboxylic acids is 1. The van der Waals surface area contributed by atoms with Crippen LogP contribution in [0.5, 0.6) is 0 Å². The third kappa shape index (κ3) is 6.26. The predicted molar refractivity (Wildman–Crippen MR) is 87.9 cm³/mol. The van der Waals surface area contributed by atoms with Crippen LogP contribution in [-0.2, 0) is 11.2 Å². The minimum absolute atomic E-state index is 0.102. The zero-order valence-corrected chi connectivity index (χ0v) is 13.8. The van der Waals surface area contributed by atoms with Gasteiger partial charge in [0.25, 0.3) is 0 Å². The molecule has 0 atom stereocenters. The number of aldehydes is 1. The Bertz CT molecular complexity index is 684. The van der Waals surface area contributed by atoms with Crippen molar-refractivity contribution >= 4 is 12.3 Å². The molecule has 128 valence electrons. The fourth-order valence-electron chi connectivity index (χ4n) is 1.72. The molecule has 0 aliphatic carbocycles. The van der Waals surface area contributed by atoms with E-state index in [1.807, 2.05) is 13.8 Å². The Kier molecular flexibility index (Phi) is 7.71. The number of carbonyl (C=O) groups is 2. The number of aromatic nitrogens is 1. The molecule has 0 unspecified atom stereocenters. The first-order valence-corrected chi connectivity index (χ1v) is 7.32. The molecule has 2 aromatic rings. The molecule has 0 spiro atoms. The molecule has 0 aliphatic heterocycles. The van der Waals surface area contributed by atoms with Crippen molar-refractivity contribution in [3.05, 3.63) is 64.7 Å². The third-order valence-electron chi connectivity index (χ3n) is 3.11. The van der Waals surface area contributed by atoms with Crippen LogP contribution < -0.4 is 0 Å². The number of ether oxygens (including phenoxy) is 1. The van der Waals surface area contributed by atoms with E-state index in [0.29, 0.717) is 24.4 Å². The number of pyridine rings is 1. The van der Waals surface area contributed by atoms with Gasteiger partial charge >= 0.3 is 5.97 Å². The van der Waals surface area contributed by atoms with Gasteiger partial charge < -0.3 is 9.84 Å². The van der Waals surface area contributed by atoms with Gasteiger partial charge in [-0.1, -0.05) is 12.1 Å². The summed E-state index contributed by atoms with van der Waals surface area (Å²) in [5, 5.41) is 8.98. The average Bonchev–Trinajstić information content (AvgIpc) is 2.57. The van der Waals surface area contributed by atoms with Gasteiger partial charge in [0, 0.05) is 13.3 Å². The maximum Gasteiger partial charge on any atom is 0.338 e. The number of hydrogen-bond donors (Lipinski definition) is 1. The van der Waals surface area contributed by atoms with Crippen LogP contribution >= 0.6 is 0 Å². The number of methoxy groups -OCH3 is 1. The lowest BCUT2D eigenvalue weighted by Crippen LogP contribution is -2.05. The highest BCUT2D eigenvalue weighted by Crippen LogP contribution is 2.13. The lowest BCUT2D eigenvalue weighted by Gasteiger charge is -2.04. The first-order chi connectivity index (χ1) is 11.4. The highest BCUT2D eigenvalue weighted by atomic mass is 19.1. The Labute approximate surface area is 140 Å². The van der Waals surface area contributed by atoms with Crippen molar-refractivity contribution in [2.75, 3.05) is 7.11 Å². The van der Waals surface area contributed by atoms with Gasteiger partial charge in [-0.3, -0.25) is 9.78 Å². The van der Waals surface area contributed by atoms with Crippen LogP contribution in [0.25, 0.3) is 0 Å². The van der Waals surface area contributed by atoms with Gasteiger partial charge in [-0.15, -0.1) is 0 Å². The van der Waals surface area contributed by atoms with Crippen molar-refractivity contribution in [1.29, 1.82) is 0 Å². The lowest BCUT2D eigenvalue weighted by molar-refractivity contribution is 0.0693. The van der Waals surface area contributed by atoms with E-state index in [-0.39, 0.29) is 17.1 Å². The summed E-state index contributed by atoms with van der Waals surface area (Å²) >= 11 is 0. The van der Waals surface area contributed by atoms with E-state index in [1.54, 1.807) is 19.2 Å². The second-order valence-electron chi connectivity index (χ2n) is 5.29. The van der Waals surface area contributed by atoms with Crippen LogP contribution in [0.15, 0.2) is 36.5 Å². The van der Waals surface area contributed by atoms with Gasteiger partial charge in [0.2, 0.25) is 0 Å². The maximum absolute atomic E-state index is 12.8. The summed E-state index contributed by atoms with van der Waals surface area (Å²) in [5.74, 6) is -1.53. The molecule has 1 aromatic carbocycles. The topological polar surface area (TPSA) is 76.5 Å². The summed E-state index contributed by atoms with van der Waals surface area (Å²) in [6.45, 7) is 4.00. The van der Waals surface area contributed by atoms with E-state index in [2.05, 4.69) is 4.98 Å². The zero-order valence-electron chi connectivity index (χ0n) is 13.8. The van der Waals surface area contributed by atoms with Gasteiger partial charge in [0.15, 0.2) is 6.29 Å². The Morgan fingerprint density at radius 2 is 1.88 bits per heavy atom. The van der Waals surface area contributed by atoms with E-state index in [4.69, 9.17) is 9.84 Å². The molecule has 1 aromatic heterocycles. The predicted octanol–water partition coefficient (Wildman–Crippen LogP) is 3.36. The molecule has 0 saturated heterocycles. The quantitative estimate of drug-likeness (QED) is 0.849. The monoisotopic (exact) mass is 333 g/mol. The summed E-state index contributed by atoms with van der Waals surface area (Å²) in [6, 6.07) is 7.30. The molecule has 1 N–H and O–H groups in total. The van der Waals surface area contributed by atoms with Crippen LogP contribution in [0.3, 0.4) is 0 Å². The second kappa shape index (κ2) is 9.52. The van der Waals surface area contributed by atoms with Gasteiger partial charge in [0.05, 0.1) is 11.7 Å². The normalized spacial score (nSPS) is 10.0. The summed E-state index contributed by atoms with van der Waals surface area (Å²) in [4.78, 5) is 25.5. The number of aromatic carboxylic acids is 1. The smallest absolute Gasteiger partial charge is 0.338 e. The molecule has 0 radical (unpaired) electrons. The third-order valence-corrected chi connectivity index (χ3v) is 3.11. The van der Waals surface area contributed by atoms with Crippen LogP contribution in [0, 0.1) is 5.82 Å². The number of rotatable bonds is 5. The Balaban J connectivity index is 0.000000505. The molecule has 0 amide bonds. The standard InChI is InChI=1S/C14H10FNO3.C4H10O/c15-11-3-1-9(2-4-11)5-10-6-12(14(18)19)13(8-17)16-7-10;1-4(2)5-3/h1-4,6-8H,5H2,(H,18,19);4H,1-3H3. The Morgan fingerprint density at radius 3 is 2.33 bits per heavy atom. The van der Waals surface area contributed by atoms with E-state index in [9.17, 15) is 14.0 Å². The summed E-state index contributed by atoms with van der Waals surface area (Å²) < 4.78 is 17.5. The number of hydrogen-bond acceptors (Lipinski definition) is 4. The van der Waals surface area contributed by atoms with Gasteiger partial charge in [-0.05, 0) is 49.6 Å². The van der Waals surface area contributed by atoms with Crippen molar-refractivity contribution in [3.8, 4) is 0 Å². The molecule has 0 saturated carbocycles. The van der Waals surface area contributed by atoms with Crippen molar-refractivity contribution in [2.24, 2.45) is 0 Å². The van der Waals surface area contributed by atoms with E-state index in [1.165, 1.54) is 24.4 Å². The zero-order chi connectivity index (χ0) is 18.1. The van der Waals surface area contributed by atoms with Crippen LogP contribution in [0.4, 0.5) is 4.39 Å². The Hall–Kier alpha value is -2.60. The van der Waals surface area contributed by atoms with Crippen LogP contribution in [-0.4, -0.2) is 35.6 Å². The van der Waals surface area contributed by atoms with Crippen molar-refractivity contribution < 1.29 is 23.8 Å². The van der Waals surface area contributed by atoms with Gasteiger partial charge in [0.1, 0.15) is 11.5 Å². The molecule has 24 heavy (non-hydrogen) atoms. The SMILES string of the molecule is COC(C)C.O=Cc1ncc(Cc2ccc(F)cc2)cc1C(=O)O. The molecular weight excluding hydrogens is 313 g/mol. The van der Waals surface area contributed by atoms with Crippen molar-refractivity contribution in [2.45, 2.75) is 26.4 Å². The molecule has 2 rings (SSSR count). The van der Waals surface area contributed by atoms with Crippen LogP contribution in [0.1, 0.15) is 45.8 Å².